The molecule has 0 spiro atoms. The predicted octanol–water partition coefficient (Wildman–Crippen LogP) is 3.07. The number of rotatable bonds is 6. The number of esters is 1. The first kappa shape index (κ1) is 21.0. The summed E-state index contributed by atoms with van der Waals surface area (Å²) in [4.78, 5) is 18.0. The summed E-state index contributed by atoms with van der Waals surface area (Å²) in [5.41, 5.74) is 0.459. The van der Waals surface area contributed by atoms with Gasteiger partial charge in [-0.25, -0.2) is 13.4 Å². The fourth-order valence-electron chi connectivity index (χ4n) is 3.71. The number of benzene rings is 1. The van der Waals surface area contributed by atoms with Gasteiger partial charge in [-0.2, -0.15) is 4.31 Å². The van der Waals surface area contributed by atoms with E-state index >= 15 is 0 Å². The second-order valence-electron chi connectivity index (χ2n) is 7.31. The summed E-state index contributed by atoms with van der Waals surface area (Å²) < 4.78 is 49.4. The number of hydrogen-bond acceptors (Lipinski definition) is 9. The number of carbonyl (C=O) groups is 1. The van der Waals surface area contributed by atoms with Crippen LogP contribution in [0.1, 0.15) is 18.5 Å². The van der Waals surface area contributed by atoms with E-state index in [0.29, 0.717) is 49.1 Å². The van der Waals surface area contributed by atoms with Crippen LogP contribution in [-0.4, -0.2) is 49.5 Å². The third-order valence-electron chi connectivity index (χ3n) is 5.24. The predicted molar refractivity (Wildman–Crippen MR) is 114 cm³/mol. The summed E-state index contributed by atoms with van der Waals surface area (Å²) in [5, 5.41) is 1.91. The summed E-state index contributed by atoms with van der Waals surface area (Å²) in [6.07, 6.45) is 2.39. The van der Waals surface area contributed by atoms with Crippen LogP contribution in [0.2, 0.25) is 0 Å². The first-order valence-corrected chi connectivity index (χ1v) is 12.4. The quantitative estimate of drug-likeness (QED) is 0.500. The van der Waals surface area contributed by atoms with Gasteiger partial charge in [0.05, 0.1) is 9.77 Å². The van der Waals surface area contributed by atoms with Gasteiger partial charge in [0.1, 0.15) is 37.8 Å². The van der Waals surface area contributed by atoms with Crippen LogP contribution in [0, 0.1) is 0 Å². The fourth-order valence-corrected chi connectivity index (χ4v) is 6.03. The molecule has 2 aliphatic rings. The molecule has 5 rings (SSSR count). The van der Waals surface area contributed by atoms with Crippen molar-refractivity contribution in [1.29, 1.82) is 0 Å². The molecule has 3 aromatic rings. The van der Waals surface area contributed by atoms with E-state index in [1.165, 1.54) is 34.0 Å². The van der Waals surface area contributed by atoms with Crippen molar-refractivity contribution in [3.05, 3.63) is 47.7 Å². The Hall–Kier alpha value is -2.89. The van der Waals surface area contributed by atoms with Crippen LogP contribution in [-0.2, 0) is 26.2 Å². The van der Waals surface area contributed by atoms with Crippen molar-refractivity contribution in [2.45, 2.75) is 30.4 Å². The molecule has 11 heteroatoms. The van der Waals surface area contributed by atoms with Crippen LogP contribution in [0.15, 0.2) is 51.3 Å². The van der Waals surface area contributed by atoms with E-state index in [9.17, 15) is 13.2 Å². The van der Waals surface area contributed by atoms with Crippen molar-refractivity contribution in [1.82, 2.24) is 9.29 Å². The minimum absolute atomic E-state index is 0.0542. The van der Waals surface area contributed by atoms with Gasteiger partial charge in [0.25, 0.3) is 0 Å². The van der Waals surface area contributed by atoms with Crippen LogP contribution in [0.5, 0.6) is 11.5 Å². The zero-order chi connectivity index (χ0) is 22.1. The smallest absolute Gasteiger partial charge is 0.324 e. The molecular weight excluding hydrogens is 456 g/mol. The largest absolute Gasteiger partial charge is 0.486 e. The molecule has 2 aromatic heterocycles. The van der Waals surface area contributed by atoms with Crippen LogP contribution in [0.3, 0.4) is 0 Å². The molecule has 0 aliphatic carbocycles. The lowest BCUT2D eigenvalue weighted by Crippen LogP contribution is -2.41. The number of fused-ring (bicyclic) bond motifs is 1. The molecule has 168 valence electrons. The van der Waals surface area contributed by atoms with E-state index in [-0.39, 0.29) is 18.0 Å². The van der Waals surface area contributed by atoms with E-state index in [1.807, 2.05) is 17.5 Å². The molecule has 0 bridgehead atoms. The number of oxazole rings is 1. The van der Waals surface area contributed by atoms with Crippen molar-refractivity contribution < 1.29 is 31.8 Å². The number of carbonyl (C=O) groups excluding carboxylic acids is 1. The second-order valence-corrected chi connectivity index (χ2v) is 10.1. The lowest BCUT2D eigenvalue weighted by molar-refractivity contribution is -0.148. The SMILES string of the molecule is O=C(OCc1coc(-c2cccs2)n1)[C@@H]1CCCN1S(=O)(=O)c1ccc2c(c1)OCCO2. The van der Waals surface area contributed by atoms with E-state index in [4.69, 9.17) is 18.6 Å². The van der Waals surface area contributed by atoms with Gasteiger partial charge in [0, 0.05) is 12.6 Å². The average molecular weight is 477 g/mol. The summed E-state index contributed by atoms with van der Waals surface area (Å²) >= 11 is 1.49. The first-order chi connectivity index (χ1) is 15.5. The Morgan fingerprint density at radius 1 is 1.22 bits per heavy atom. The van der Waals surface area contributed by atoms with E-state index in [2.05, 4.69) is 4.98 Å². The van der Waals surface area contributed by atoms with Gasteiger partial charge in [-0.1, -0.05) is 6.07 Å². The molecule has 1 aromatic carbocycles. The van der Waals surface area contributed by atoms with Crippen molar-refractivity contribution in [2.75, 3.05) is 19.8 Å². The molecule has 4 heterocycles. The third-order valence-corrected chi connectivity index (χ3v) is 8.00. The Morgan fingerprint density at radius 3 is 2.88 bits per heavy atom. The van der Waals surface area contributed by atoms with Gasteiger partial charge in [0.2, 0.25) is 15.9 Å². The van der Waals surface area contributed by atoms with Gasteiger partial charge in [-0.3, -0.25) is 4.79 Å². The Kier molecular flexibility index (Phi) is 5.62. The number of aromatic nitrogens is 1. The lowest BCUT2D eigenvalue weighted by atomic mass is 10.2. The minimum Gasteiger partial charge on any atom is -0.486 e. The molecular formula is C21H20N2O7S2. The zero-order valence-corrected chi connectivity index (χ0v) is 18.6. The third kappa shape index (κ3) is 3.98. The van der Waals surface area contributed by atoms with Crippen molar-refractivity contribution in [3.8, 4) is 22.3 Å². The van der Waals surface area contributed by atoms with Crippen LogP contribution < -0.4 is 9.47 Å². The van der Waals surface area contributed by atoms with E-state index in [0.717, 1.165) is 4.88 Å². The molecule has 0 N–H and O–H groups in total. The summed E-state index contributed by atoms with van der Waals surface area (Å²) in [6, 6.07) is 7.35. The number of nitrogens with zero attached hydrogens (tertiary/aromatic N) is 2. The fraction of sp³-hybridized carbons (Fsp3) is 0.333. The van der Waals surface area contributed by atoms with Gasteiger partial charge < -0.3 is 18.6 Å². The van der Waals surface area contributed by atoms with Crippen LogP contribution in [0.4, 0.5) is 0 Å². The van der Waals surface area contributed by atoms with Gasteiger partial charge >= 0.3 is 5.97 Å². The standard InChI is InChI=1S/C21H20N2O7S2/c24-21(30-13-14-12-29-20(22-14)19-4-2-10-31-19)16-3-1-7-23(16)32(25,26)15-5-6-17-18(11-15)28-9-8-27-17/h2,4-6,10-12,16H,1,3,7-9,13H2/t16-/m0/s1. The van der Waals surface area contributed by atoms with Gasteiger partial charge in [-0.05, 0) is 36.4 Å². The summed E-state index contributed by atoms with van der Waals surface area (Å²) in [6.45, 7) is 0.913. The molecule has 1 atom stereocenters. The Balaban J connectivity index is 1.28. The normalized spacial score (nSPS) is 18.6. The van der Waals surface area contributed by atoms with Crippen LogP contribution in [0.25, 0.3) is 10.8 Å². The molecule has 9 nitrogen and oxygen atoms in total. The highest BCUT2D eigenvalue weighted by Gasteiger charge is 2.41. The molecule has 2 aliphatic heterocycles. The maximum absolute atomic E-state index is 13.2. The second kappa shape index (κ2) is 8.57. The van der Waals surface area contributed by atoms with E-state index < -0.39 is 22.0 Å². The topological polar surface area (TPSA) is 108 Å². The number of hydrogen-bond donors (Lipinski definition) is 0. The molecule has 0 saturated carbocycles. The summed E-state index contributed by atoms with van der Waals surface area (Å²) in [5.74, 6) is 0.726. The lowest BCUT2D eigenvalue weighted by Gasteiger charge is -2.24. The Labute approximate surface area is 188 Å². The number of ether oxygens (including phenoxy) is 3. The highest BCUT2D eigenvalue weighted by Crippen LogP contribution is 2.35. The number of thiophene rings is 1. The highest BCUT2D eigenvalue weighted by molar-refractivity contribution is 7.89. The van der Waals surface area contributed by atoms with Crippen molar-refractivity contribution >= 4 is 27.3 Å². The van der Waals surface area contributed by atoms with E-state index in [1.54, 1.807) is 6.07 Å². The Bertz CT molecular complexity index is 1220. The minimum atomic E-state index is -3.91. The molecule has 0 amide bonds. The summed E-state index contributed by atoms with van der Waals surface area (Å²) in [7, 11) is -3.91. The van der Waals surface area contributed by atoms with Crippen LogP contribution >= 0.6 is 11.3 Å². The molecule has 32 heavy (non-hydrogen) atoms. The zero-order valence-electron chi connectivity index (χ0n) is 16.9. The monoisotopic (exact) mass is 476 g/mol. The maximum atomic E-state index is 13.2. The molecule has 0 radical (unpaired) electrons. The molecule has 1 saturated heterocycles. The number of sulfonamides is 1. The first-order valence-electron chi connectivity index (χ1n) is 10.1. The average Bonchev–Trinajstić information content (AvgIpc) is 3.58. The molecule has 0 unspecified atom stereocenters. The molecule has 1 fully saturated rings. The van der Waals surface area contributed by atoms with Crippen molar-refractivity contribution in [3.63, 3.8) is 0 Å². The van der Waals surface area contributed by atoms with Crippen molar-refractivity contribution in [2.24, 2.45) is 0 Å². The van der Waals surface area contributed by atoms with Gasteiger partial charge in [0.15, 0.2) is 11.5 Å². The van der Waals surface area contributed by atoms with Gasteiger partial charge in [-0.15, -0.1) is 11.3 Å². The maximum Gasteiger partial charge on any atom is 0.324 e. The highest BCUT2D eigenvalue weighted by atomic mass is 32.2. The Morgan fingerprint density at radius 2 is 2.06 bits per heavy atom.